The molecule has 3 aliphatic rings. The lowest BCUT2D eigenvalue weighted by molar-refractivity contribution is -0.362. The molecular formula is C35H40N2O13. The van der Waals surface area contributed by atoms with Gasteiger partial charge < -0.3 is 44.2 Å². The minimum absolute atomic E-state index is 0.0485. The first-order valence-electron chi connectivity index (χ1n) is 16.2. The van der Waals surface area contributed by atoms with Gasteiger partial charge in [-0.1, -0.05) is 48.5 Å². The Morgan fingerprint density at radius 2 is 1.42 bits per heavy atom. The average molecular weight is 697 g/mol. The zero-order valence-electron chi connectivity index (χ0n) is 28.0. The maximum Gasteiger partial charge on any atom is 0.407 e. The Labute approximate surface area is 287 Å². The lowest BCUT2D eigenvalue weighted by Gasteiger charge is -2.54. The van der Waals surface area contributed by atoms with Crippen LogP contribution in [0.15, 0.2) is 48.5 Å². The monoisotopic (exact) mass is 696 g/mol. The fraction of sp³-hybridized carbons (Fsp3) is 0.486. The minimum atomic E-state index is -1.88. The van der Waals surface area contributed by atoms with Crippen LogP contribution in [-0.2, 0) is 52.4 Å². The van der Waals surface area contributed by atoms with Crippen LogP contribution in [0.5, 0.6) is 0 Å². The van der Waals surface area contributed by atoms with Gasteiger partial charge in [0.05, 0.1) is 6.10 Å². The molecule has 2 aliphatic heterocycles. The number of fused-ring (bicyclic) bond motifs is 3. The van der Waals surface area contributed by atoms with Crippen molar-refractivity contribution in [3.05, 3.63) is 59.7 Å². The highest BCUT2D eigenvalue weighted by Gasteiger charge is 2.61. The summed E-state index contributed by atoms with van der Waals surface area (Å²) in [6.07, 6.45) is -5.83. The van der Waals surface area contributed by atoms with Gasteiger partial charge >= 0.3 is 30.0 Å². The average Bonchev–Trinajstić information content (AvgIpc) is 3.37. The number of benzene rings is 2. The third-order valence-corrected chi connectivity index (χ3v) is 8.88. The first kappa shape index (κ1) is 36.3. The van der Waals surface area contributed by atoms with Crippen molar-refractivity contribution in [3.63, 3.8) is 0 Å². The number of aliphatic carboxylic acids is 1. The van der Waals surface area contributed by atoms with E-state index in [0.29, 0.717) is 0 Å². The number of carbonyl (C=O) groups excluding carboxylic acids is 5. The van der Waals surface area contributed by atoms with Crippen LogP contribution in [0, 0.1) is 0 Å². The molecule has 7 atom stereocenters. The van der Waals surface area contributed by atoms with Gasteiger partial charge in [0.15, 0.2) is 24.0 Å². The Balaban J connectivity index is 1.39. The van der Waals surface area contributed by atoms with Crippen LogP contribution in [0.1, 0.15) is 64.0 Å². The molecule has 2 heterocycles. The van der Waals surface area contributed by atoms with Gasteiger partial charge in [0.25, 0.3) is 0 Å². The summed E-state index contributed by atoms with van der Waals surface area (Å²) in [6, 6.07) is 12.6. The van der Waals surface area contributed by atoms with E-state index in [0.717, 1.165) is 43.0 Å². The Hall–Kier alpha value is -5.02. The molecule has 2 saturated heterocycles. The molecule has 268 valence electrons. The van der Waals surface area contributed by atoms with Crippen molar-refractivity contribution in [3.8, 4) is 11.1 Å². The van der Waals surface area contributed by atoms with Gasteiger partial charge in [0.2, 0.25) is 5.91 Å². The van der Waals surface area contributed by atoms with Crippen molar-refractivity contribution in [1.29, 1.82) is 0 Å². The molecule has 50 heavy (non-hydrogen) atoms. The minimum Gasteiger partial charge on any atom is -0.480 e. The summed E-state index contributed by atoms with van der Waals surface area (Å²) in [5.74, 6) is -6.42. The molecule has 0 radical (unpaired) electrons. The molecule has 0 bridgehead atoms. The van der Waals surface area contributed by atoms with Crippen LogP contribution in [0.4, 0.5) is 4.79 Å². The topological polar surface area (TPSA) is 202 Å². The van der Waals surface area contributed by atoms with Crippen molar-refractivity contribution >= 4 is 35.9 Å². The van der Waals surface area contributed by atoms with Gasteiger partial charge in [-0.2, -0.15) is 0 Å². The maximum absolute atomic E-state index is 13.2. The van der Waals surface area contributed by atoms with Crippen LogP contribution in [0.2, 0.25) is 0 Å². The number of hydrogen-bond acceptors (Lipinski definition) is 12. The molecule has 1 aliphatic carbocycles. The van der Waals surface area contributed by atoms with Gasteiger partial charge in [-0.25, -0.2) is 9.59 Å². The molecule has 15 heteroatoms. The lowest BCUT2D eigenvalue weighted by atomic mass is 9.83. The van der Waals surface area contributed by atoms with Crippen molar-refractivity contribution < 1.29 is 62.3 Å². The predicted molar refractivity (Wildman–Crippen MR) is 171 cm³/mol. The molecule has 1 spiro atoms. The van der Waals surface area contributed by atoms with E-state index in [1.165, 1.54) is 6.92 Å². The zero-order valence-corrected chi connectivity index (χ0v) is 28.0. The molecule has 0 saturated carbocycles. The lowest BCUT2D eigenvalue weighted by Crippen LogP contribution is -2.74. The van der Waals surface area contributed by atoms with Gasteiger partial charge in [-0.05, 0) is 35.1 Å². The van der Waals surface area contributed by atoms with Crippen molar-refractivity contribution in [2.24, 2.45) is 0 Å². The molecule has 5 rings (SSSR count). The highest BCUT2D eigenvalue weighted by atomic mass is 16.7. The second kappa shape index (κ2) is 15.3. The normalized spacial score (nSPS) is 26.0. The van der Waals surface area contributed by atoms with Crippen LogP contribution in [0.3, 0.4) is 0 Å². The first-order valence-corrected chi connectivity index (χ1v) is 16.2. The number of ether oxygens (including phenoxy) is 6. The van der Waals surface area contributed by atoms with Crippen molar-refractivity contribution in [2.75, 3.05) is 13.2 Å². The van der Waals surface area contributed by atoms with Gasteiger partial charge in [0, 0.05) is 40.0 Å². The third-order valence-electron chi connectivity index (χ3n) is 8.88. The Kier molecular flexibility index (Phi) is 11.1. The number of alkyl carbamates (subject to hydrolysis) is 1. The second-order valence-corrected chi connectivity index (χ2v) is 12.4. The fourth-order valence-electron chi connectivity index (χ4n) is 7.00. The molecule has 2 aromatic carbocycles. The number of carboxylic acid groups (broad SMARTS) is 1. The second-order valence-electron chi connectivity index (χ2n) is 12.4. The van der Waals surface area contributed by atoms with E-state index in [4.69, 9.17) is 28.4 Å². The molecule has 15 nitrogen and oxygen atoms in total. The first-order chi connectivity index (χ1) is 23.8. The summed E-state index contributed by atoms with van der Waals surface area (Å²) in [7, 11) is 0. The molecule has 3 N–H and O–H groups in total. The maximum atomic E-state index is 13.2. The van der Waals surface area contributed by atoms with E-state index in [2.05, 4.69) is 10.6 Å². The summed E-state index contributed by atoms with van der Waals surface area (Å²) in [5, 5.41) is 15.3. The zero-order chi connectivity index (χ0) is 36.2. The van der Waals surface area contributed by atoms with Crippen molar-refractivity contribution in [2.45, 2.75) is 95.2 Å². The highest BCUT2D eigenvalue weighted by molar-refractivity contribution is 5.81. The molecule has 0 aromatic heterocycles. The Morgan fingerprint density at radius 1 is 0.820 bits per heavy atom. The summed E-state index contributed by atoms with van der Waals surface area (Å²) in [4.78, 5) is 74.5. The number of carbonyl (C=O) groups is 6. The van der Waals surface area contributed by atoms with Gasteiger partial charge in [0.1, 0.15) is 25.4 Å². The van der Waals surface area contributed by atoms with Gasteiger partial charge in [-0.15, -0.1) is 0 Å². The number of nitrogens with one attached hydrogen (secondary N) is 2. The van der Waals surface area contributed by atoms with Crippen LogP contribution in [-0.4, -0.2) is 96.5 Å². The summed E-state index contributed by atoms with van der Waals surface area (Å²) in [5.41, 5.74) is 4.00. The number of amides is 2. The third kappa shape index (κ3) is 7.89. The molecule has 2 amide bonds. The summed E-state index contributed by atoms with van der Waals surface area (Å²) in [6.45, 7) is 4.06. The standard InChI is InChI=1S/C35H40N2O13/c1-18(38)36-32-31(48-21(4)41)30(47-20(3)40)28(17-45-19(2)39)50-35(32)15-9-14-27(49-35)29(33(42)43)37-34(44)46-16-26-24-12-7-5-10-22(24)23-11-6-8-13-25(23)26/h5-8,10-13,26-32H,9,14-17H2,1-4H3,(H,36,38)(H,37,44)(H,42,43)/t27-,28+,29-,30-,31-,32+,35-/m0/s1. The van der Waals surface area contributed by atoms with E-state index in [-0.39, 0.29) is 31.8 Å². The molecule has 0 unspecified atom stereocenters. The number of hydrogen-bond donors (Lipinski definition) is 3. The largest absolute Gasteiger partial charge is 0.480 e. The molecule has 2 aromatic rings. The van der Waals surface area contributed by atoms with E-state index in [1.54, 1.807) is 0 Å². The highest BCUT2D eigenvalue weighted by Crippen LogP contribution is 2.45. The van der Waals surface area contributed by atoms with Gasteiger partial charge in [-0.3, -0.25) is 19.2 Å². The predicted octanol–water partition coefficient (Wildman–Crippen LogP) is 2.57. The quantitative estimate of drug-likeness (QED) is 0.242. The summed E-state index contributed by atoms with van der Waals surface area (Å²) < 4.78 is 34.5. The Morgan fingerprint density at radius 3 is 1.98 bits per heavy atom. The van der Waals surface area contributed by atoms with E-state index in [1.807, 2.05) is 48.5 Å². The number of carboxylic acids is 1. The number of rotatable bonds is 10. The van der Waals surface area contributed by atoms with Crippen LogP contribution >= 0.6 is 0 Å². The van der Waals surface area contributed by atoms with Crippen LogP contribution in [0.25, 0.3) is 11.1 Å². The van der Waals surface area contributed by atoms with Crippen molar-refractivity contribution in [1.82, 2.24) is 10.6 Å². The number of esters is 3. The Bertz CT molecular complexity index is 1600. The molecular weight excluding hydrogens is 656 g/mol. The molecule has 2 fully saturated rings. The van der Waals surface area contributed by atoms with E-state index in [9.17, 15) is 33.9 Å². The van der Waals surface area contributed by atoms with Crippen LogP contribution < -0.4 is 10.6 Å². The summed E-state index contributed by atoms with van der Waals surface area (Å²) >= 11 is 0. The van der Waals surface area contributed by atoms with E-state index >= 15 is 0 Å². The smallest absolute Gasteiger partial charge is 0.407 e. The fourth-order valence-corrected chi connectivity index (χ4v) is 7.00. The van der Waals surface area contributed by atoms with E-state index < -0.39 is 84.8 Å². The SMILES string of the molecule is CC(=O)N[C@@H]1[C@@H](OC(C)=O)[C@@H](OC(C)=O)[C@@H](COC(C)=O)O[C@@]12CCC[C@@H]([C@H](NC(=O)OCC1c3ccccc3-c3ccccc31)C(=O)O)O2.